The van der Waals surface area contributed by atoms with Crippen LogP contribution < -0.4 is 0 Å². The molecule has 0 bridgehead atoms. The summed E-state index contributed by atoms with van der Waals surface area (Å²) in [5.41, 5.74) is 1.34. The molecule has 0 aliphatic carbocycles. The number of benzene rings is 1. The largest absolute Gasteiger partial charge is 0.381 e. The Morgan fingerprint density at radius 2 is 1.94 bits per heavy atom. The summed E-state index contributed by atoms with van der Waals surface area (Å²) in [6.07, 6.45) is 2.55. The third-order valence-corrected chi connectivity index (χ3v) is 2.90. The number of ketones is 1. The van der Waals surface area contributed by atoms with Crippen LogP contribution in [0.1, 0.15) is 18.4 Å². The normalized spacial score (nSPS) is 10.3. The molecule has 3 heteroatoms. The molecule has 0 saturated heterocycles. The SMILES string of the molecule is O=C(CBr)CCOCCCc1ccccc1. The fourth-order valence-corrected chi connectivity index (χ4v) is 1.66. The molecule has 0 atom stereocenters. The van der Waals surface area contributed by atoms with Gasteiger partial charge in [-0.3, -0.25) is 4.79 Å². The van der Waals surface area contributed by atoms with E-state index >= 15 is 0 Å². The van der Waals surface area contributed by atoms with Crippen molar-refractivity contribution < 1.29 is 9.53 Å². The van der Waals surface area contributed by atoms with Crippen molar-refractivity contribution in [2.45, 2.75) is 19.3 Å². The number of hydrogen-bond acceptors (Lipinski definition) is 2. The molecule has 88 valence electrons. The zero-order chi connectivity index (χ0) is 11.6. The van der Waals surface area contributed by atoms with Crippen LogP contribution in [0.25, 0.3) is 0 Å². The maximum absolute atomic E-state index is 10.9. The summed E-state index contributed by atoms with van der Waals surface area (Å²) < 4.78 is 5.39. The second-order valence-electron chi connectivity index (χ2n) is 3.62. The van der Waals surface area contributed by atoms with Crippen molar-refractivity contribution in [3.05, 3.63) is 35.9 Å². The maximum atomic E-state index is 10.9. The molecule has 0 N–H and O–H groups in total. The summed E-state index contributed by atoms with van der Waals surface area (Å²) >= 11 is 3.12. The van der Waals surface area contributed by atoms with Crippen LogP contribution in [0.4, 0.5) is 0 Å². The number of hydrogen-bond donors (Lipinski definition) is 0. The predicted octanol–water partition coefficient (Wildman–Crippen LogP) is 2.99. The Labute approximate surface area is 105 Å². The van der Waals surface area contributed by atoms with Crippen LogP contribution in [0.15, 0.2) is 30.3 Å². The van der Waals surface area contributed by atoms with Gasteiger partial charge < -0.3 is 4.74 Å². The van der Waals surface area contributed by atoms with Gasteiger partial charge in [0, 0.05) is 13.0 Å². The van der Waals surface area contributed by atoms with Crippen LogP contribution in [0, 0.1) is 0 Å². The van der Waals surface area contributed by atoms with Gasteiger partial charge in [0.2, 0.25) is 0 Å². The predicted molar refractivity (Wildman–Crippen MR) is 69.0 cm³/mol. The van der Waals surface area contributed by atoms with Crippen molar-refractivity contribution in [2.24, 2.45) is 0 Å². The van der Waals surface area contributed by atoms with Crippen molar-refractivity contribution in [1.29, 1.82) is 0 Å². The number of ether oxygens (including phenoxy) is 1. The van der Waals surface area contributed by atoms with Crippen LogP contribution >= 0.6 is 15.9 Å². The maximum Gasteiger partial charge on any atom is 0.145 e. The number of Topliss-reactive ketones (excluding diaryl/α,β-unsaturated/α-hetero) is 1. The molecule has 0 amide bonds. The zero-order valence-corrected chi connectivity index (χ0v) is 10.9. The summed E-state index contributed by atoms with van der Waals surface area (Å²) in [7, 11) is 0. The van der Waals surface area contributed by atoms with E-state index in [0.717, 1.165) is 19.4 Å². The van der Waals surface area contributed by atoms with Gasteiger partial charge >= 0.3 is 0 Å². The molecule has 0 spiro atoms. The van der Waals surface area contributed by atoms with Gasteiger partial charge in [0.05, 0.1) is 11.9 Å². The highest BCUT2D eigenvalue weighted by atomic mass is 79.9. The van der Waals surface area contributed by atoms with Crippen molar-refractivity contribution in [3.63, 3.8) is 0 Å². The standard InChI is InChI=1S/C13H17BrO2/c14-11-13(15)8-10-16-9-4-7-12-5-2-1-3-6-12/h1-3,5-6H,4,7-11H2. The van der Waals surface area contributed by atoms with Gasteiger partial charge in [-0.2, -0.15) is 0 Å². The van der Waals surface area contributed by atoms with Gasteiger partial charge in [0.1, 0.15) is 5.78 Å². The Kier molecular flexibility index (Phi) is 7.10. The van der Waals surface area contributed by atoms with E-state index in [0.29, 0.717) is 18.4 Å². The lowest BCUT2D eigenvalue weighted by molar-refractivity contribution is -0.117. The summed E-state index contributed by atoms with van der Waals surface area (Å²) in [4.78, 5) is 10.9. The molecule has 1 rings (SSSR count). The average molecular weight is 285 g/mol. The van der Waals surface area contributed by atoms with E-state index in [1.165, 1.54) is 5.56 Å². The molecule has 0 aliphatic rings. The molecular formula is C13H17BrO2. The van der Waals surface area contributed by atoms with E-state index in [2.05, 4.69) is 28.1 Å². The Balaban J connectivity index is 1.98. The molecule has 0 unspecified atom stereocenters. The number of carbonyl (C=O) groups is 1. The van der Waals surface area contributed by atoms with E-state index < -0.39 is 0 Å². The van der Waals surface area contributed by atoms with E-state index in [1.807, 2.05) is 18.2 Å². The van der Waals surface area contributed by atoms with Gasteiger partial charge in [0.25, 0.3) is 0 Å². The quantitative estimate of drug-likeness (QED) is 0.542. The minimum atomic E-state index is 0.197. The van der Waals surface area contributed by atoms with Gasteiger partial charge in [-0.15, -0.1) is 0 Å². The summed E-state index contributed by atoms with van der Waals surface area (Å²) in [5.74, 6) is 0.197. The van der Waals surface area contributed by atoms with Crippen LogP contribution in [0.2, 0.25) is 0 Å². The average Bonchev–Trinajstić information content (AvgIpc) is 2.34. The minimum Gasteiger partial charge on any atom is -0.381 e. The smallest absolute Gasteiger partial charge is 0.145 e. The number of carbonyl (C=O) groups excluding carboxylic acids is 1. The van der Waals surface area contributed by atoms with Gasteiger partial charge in [-0.1, -0.05) is 46.3 Å². The Hall–Kier alpha value is -0.670. The van der Waals surface area contributed by atoms with Crippen LogP contribution in [0.5, 0.6) is 0 Å². The van der Waals surface area contributed by atoms with Crippen molar-refractivity contribution in [1.82, 2.24) is 0 Å². The van der Waals surface area contributed by atoms with E-state index in [-0.39, 0.29) is 5.78 Å². The van der Waals surface area contributed by atoms with Gasteiger partial charge in [-0.05, 0) is 18.4 Å². The van der Waals surface area contributed by atoms with Crippen LogP contribution in [0.3, 0.4) is 0 Å². The van der Waals surface area contributed by atoms with Crippen molar-refractivity contribution >= 4 is 21.7 Å². The van der Waals surface area contributed by atoms with Gasteiger partial charge in [-0.25, -0.2) is 0 Å². The topological polar surface area (TPSA) is 26.3 Å². The third kappa shape index (κ3) is 6.03. The lowest BCUT2D eigenvalue weighted by Crippen LogP contribution is -2.06. The highest BCUT2D eigenvalue weighted by Gasteiger charge is 1.98. The van der Waals surface area contributed by atoms with E-state index in [9.17, 15) is 4.79 Å². The third-order valence-electron chi connectivity index (χ3n) is 2.27. The first kappa shape index (κ1) is 13.4. The fourth-order valence-electron chi connectivity index (χ4n) is 1.38. The Morgan fingerprint density at radius 1 is 1.19 bits per heavy atom. The fraction of sp³-hybridized carbons (Fsp3) is 0.462. The van der Waals surface area contributed by atoms with Gasteiger partial charge in [0.15, 0.2) is 0 Å². The number of alkyl halides is 1. The number of aryl methyl sites for hydroxylation is 1. The molecular weight excluding hydrogens is 268 g/mol. The molecule has 0 fully saturated rings. The van der Waals surface area contributed by atoms with Crippen LogP contribution in [-0.4, -0.2) is 24.3 Å². The highest BCUT2D eigenvalue weighted by molar-refractivity contribution is 9.09. The summed E-state index contributed by atoms with van der Waals surface area (Å²) in [6, 6.07) is 10.4. The Morgan fingerprint density at radius 3 is 2.62 bits per heavy atom. The first-order valence-corrected chi connectivity index (χ1v) is 6.64. The van der Waals surface area contributed by atoms with E-state index in [4.69, 9.17) is 4.74 Å². The van der Waals surface area contributed by atoms with E-state index in [1.54, 1.807) is 0 Å². The molecule has 0 aliphatic heterocycles. The van der Waals surface area contributed by atoms with Crippen molar-refractivity contribution in [3.8, 4) is 0 Å². The van der Waals surface area contributed by atoms with Crippen LogP contribution in [-0.2, 0) is 16.0 Å². The molecule has 0 radical (unpaired) electrons. The lowest BCUT2D eigenvalue weighted by Gasteiger charge is -2.03. The molecule has 1 aromatic carbocycles. The Bertz CT molecular complexity index is 298. The molecule has 2 nitrogen and oxygen atoms in total. The summed E-state index contributed by atoms with van der Waals surface area (Å²) in [6.45, 7) is 1.27. The molecule has 0 aromatic heterocycles. The second kappa shape index (κ2) is 8.48. The van der Waals surface area contributed by atoms with Crippen molar-refractivity contribution in [2.75, 3.05) is 18.5 Å². The molecule has 1 aromatic rings. The second-order valence-corrected chi connectivity index (χ2v) is 4.18. The lowest BCUT2D eigenvalue weighted by atomic mass is 10.1. The number of rotatable bonds is 8. The first-order valence-electron chi connectivity index (χ1n) is 5.52. The zero-order valence-electron chi connectivity index (χ0n) is 9.32. The molecule has 0 heterocycles. The number of halogens is 1. The first-order chi connectivity index (χ1) is 7.83. The highest BCUT2D eigenvalue weighted by Crippen LogP contribution is 2.02. The molecule has 0 saturated carbocycles. The monoisotopic (exact) mass is 284 g/mol. The molecule has 16 heavy (non-hydrogen) atoms. The minimum absolute atomic E-state index is 0.197. The summed E-state index contributed by atoms with van der Waals surface area (Å²) in [5, 5.41) is 0.431.